The van der Waals surface area contributed by atoms with Crippen LogP contribution in [0.5, 0.6) is 0 Å². The van der Waals surface area contributed by atoms with Gasteiger partial charge in [-0.25, -0.2) is 0 Å². The molecule has 10 heavy (non-hydrogen) atoms. The van der Waals surface area contributed by atoms with Crippen LogP contribution in [0.3, 0.4) is 0 Å². The van der Waals surface area contributed by atoms with Crippen molar-refractivity contribution in [3.8, 4) is 0 Å². The molecule has 0 spiro atoms. The Morgan fingerprint density at radius 3 is 0.500 bits per heavy atom. The van der Waals surface area contributed by atoms with E-state index in [4.69, 9.17) is 18.6 Å². The second-order valence-corrected chi connectivity index (χ2v) is 0. The van der Waals surface area contributed by atoms with Crippen molar-refractivity contribution in [2.45, 2.75) is 7.43 Å². The summed E-state index contributed by atoms with van der Waals surface area (Å²) < 4.78 is 30.0. The van der Waals surface area contributed by atoms with Gasteiger partial charge in [-0.15, -0.1) is 0 Å². The fourth-order valence-electron chi connectivity index (χ4n) is 0. The van der Waals surface area contributed by atoms with E-state index in [9.17, 15) is 0 Å². The first-order chi connectivity index (χ1) is 4.00. The molecule has 0 bridgehead atoms. The van der Waals surface area contributed by atoms with E-state index in [2.05, 4.69) is 26.6 Å². The molecule has 1 radical (unpaired) electrons. The Kier molecular flexibility index (Phi) is 19100. The molecule has 0 saturated heterocycles. The molecule has 0 rings (SSSR count). The topological polar surface area (TPSA) is 79.6 Å². The molecule has 0 aromatic rings. The van der Waals surface area contributed by atoms with Crippen LogP contribution in [0.4, 0.5) is 0 Å². The van der Waals surface area contributed by atoms with E-state index in [1.165, 1.54) is 0 Å². The Labute approximate surface area is 73.5 Å². The van der Waals surface area contributed by atoms with Crippen molar-refractivity contribution in [2.24, 2.45) is 0 Å². The molecule has 0 amide bonds. The smallest absolute Gasteiger partial charge is 0 e. The number of rotatable bonds is 0. The molecule has 0 saturated carbocycles. The molecule has 0 unspecified atom stereocenters. The zero-order valence-corrected chi connectivity index (χ0v) is 6.73. The van der Waals surface area contributed by atoms with Crippen LogP contribution in [0, 0.1) is 26.6 Å². The molecule has 0 aliphatic rings. The van der Waals surface area contributed by atoms with Crippen LogP contribution in [-0.4, -0.2) is 0 Å². The fraction of sp³-hybridized carbons (Fsp3) is 0.200. The molecule has 0 heterocycles. The van der Waals surface area contributed by atoms with Gasteiger partial charge in [0.15, 0.2) is 0 Å². The molecule has 55 valence electrons. The molecule has 0 atom stereocenters. The van der Waals surface area contributed by atoms with Gasteiger partial charge in [0.2, 0.25) is 0 Å². The van der Waals surface area contributed by atoms with Crippen molar-refractivity contribution >= 4 is 0 Å². The Bertz CT molecular complexity index is 56.6. The van der Waals surface area contributed by atoms with Gasteiger partial charge in [0.05, 0.1) is 0 Å². The summed E-state index contributed by atoms with van der Waals surface area (Å²) in [4.78, 5) is 0. The number of hydrogen-bond acceptors (Lipinski definition) is 0. The van der Waals surface area contributed by atoms with Crippen molar-refractivity contribution in [3.05, 3.63) is 26.6 Å². The average molecular weight is 314 g/mol. The molecule has 5 heteroatoms. The molecular weight excluding hydrogens is 310 g/mol. The first-order valence-electron chi connectivity index (χ1n) is 0.816. The zero-order chi connectivity index (χ0) is 8.00. The first-order valence-corrected chi connectivity index (χ1v) is 0.816. The van der Waals surface area contributed by atoms with Crippen LogP contribution in [0.15, 0.2) is 0 Å². The largest absolute Gasteiger partial charge is 0 e. The van der Waals surface area contributed by atoms with Gasteiger partial charge in [-0.2, -0.15) is 0 Å². The molecule has 0 aliphatic carbocycles. The fourth-order valence-corrected chi connectivity index (χ4v) is 0. The predicted molar refractivity (Wildman–Crippen MR) is 22.4 cm³/mol. The molecular formula is C5H4O4Re. The quantitative estimate of drug-likeness (QED) is 0.460. The van der Waals surface area contributed by atoms with Crippen molar-refractivity contribution in [2.75, 3.05) is 0 Å². The molecule has 0 aromatic heterocycles. The van der Waals surface area contributed by atoms with Crippen LogP contribution < -0.4 is 0 Å². The van der Waals surface area contributed by atoms with Crippen LogP contribution in [0.2, 0.25) is 0 Å². The minimum Gasteiger partial charge on any atom is 0 e. The minimum atomic E-state index is 0. The van der Waals surface area contributed by atoms with Crippen molar-refractivity contribution < 1.29 is 39.0 Å². The third kappa shape index (κ3) is 2340. The zero-order valence-electron chi connectivity index (χ0n) is 4.01. The Balaban J connectivity index is -0.00000000500. The predicted octanol–water partition coefficient (Wildman–Crippen LogP) is 0.484. The molecule has 0 fully saturated rings. The molecule has 0 N–H and O–H groups in total. The average Bonchev–Trinajstić information content (AvgIpc) is 2.03. The van der Waals surface area contributed by atoms with Crippen LogP contribution >= 0.6 is 0 Å². The van der Waals surface area contributed by atoms with Gasteiger partial charge < -0.3 is 0 Å². The summed E-state index contributed by atoms with van der Waals surface area (Å²) in [7, 11) is 0. The summed E-state index contributed by atoms with van der Waals surface area (Å²) in [5, 5.41) is 0. The SMILES string of the molecule is C.[C-]#[O+].[C-]#[O+].[C-]#[O+].[C-]#[O+].[Re]. The van der Waals surface area contributed by atoms with Crippen LogP contribution in [0.25, 0.3) is 0 Å². The summed E-state index contributed by atoms with van der Waals surface area (Å²) in [5.41, 5.74) is 0. The Morgan fingerprint density at radius 2 is 0.500 bits per heavy atom. The monoisotopic (exact) mass is 315 g/mol. The summed E-state index contributed by atoms with van der Waals surface area (Å²) in [6.45, 7) is 18.0. The molecule has 0 aliphatic heterocycles. The van der Waals surface area contributed by atoms with Gasteiger partial charge in [-0.05, 0) is 0 Å². The molecule has 0 aromatic carbocycles. The van der Waals surface area contributed by atoms with Gasteiger partial charge in [0, 0.05) is 20.4 Å². The summed E-state index contributed by atoms with van der Waals surface area (Å²) in [6, 6.07) is 0. The van der Waals surface area contributed by atoms with Crippen molar-refractivity contribution in [1.82, 2.24) is 0 Å². The first kappa shape index (κ1) is 54.5. The van der Waals surface area contributed by atoms with Gasteiger partial charge in [-0.1, -0.05) is 7.43 Å². The third-order valence-corrected chi connectivity index (χ3v) is 0. The van der Waals surface area contributed by atoms with Gasteiger partial charge in [0.1, 0.15) is 0 Å². The maximum atomic E-state index is 7.50. The van der Waals surface area contributed by atoms with Crippen LogP contribution in [0.1, 0.15) is 7.43 Å². The summed E-state index contributed by atoms with van der Waals surface area (Å²) in [6.07, 6.45) is 0. The standard InChI is InChI=1S/4CO.CH4.Re/c4*1-2;;/h;;;;1H4;. The van der Waals surface area contributed by atoms with Crippen molar-refractivity contribution in [1.29, 1.82) is 0 Å². The molecule has 4 nitrogen and oxygen atoms in total. The normalized spacial score (nSPS) is 0.800. The van der Waals surface area contributed by atoms with E-state index in [1.807, 2.05) is 0 Å². The van der Waals surface area contributed by atoms with E-state index < -0.39 is 0 Å². The minimum absolute atomic E-state index is 0. The second-order valence-electron chi connectivity index (χ2n) is 0. The van der Waals surface area contributed by atoms with Crippen molar-refractivity contribution in [3.63, 3.8) is 0 Å². The maximum Gasteiger partial charge on any atom is 0 e. The van der Waals surface area contributed by atoms with E-state index in [0.29, 0.717) is 0 Å². The van der Waals surface area contributed by atoms with Crippen LogP contribution in [-0.2, 0) is 39.0 Å². The van der Waals surface area contributed by atoms with E-state index in [1.54, 1.807) is 0 Å². The maximum absolute atomic E-state index is 7.50. The van der Waals surface area contributed by atoms with E-state index >= 15 is 0 Å². The van der Waals surface area contributed by atoms with E-state index in [0.717, 1.165) is 0 Å². The Hall–Kier alpha value is -0.378. The summed E-state index contributed by atoms with van der Waals surface area (Å²) >= 11 is 0. The van der Waals surface area contributed by atoms with Gasteiger partial charge >= 0.3 is 45.2 Å². The third-order valence-electron chi connectivity index (χ3n) is 0. The second kappa shape index (κ2) is 3510. The Morgan fingerprint density at radius 1 is 0.500 bits per heavy atom. The summed E-state index contributed by atoms with van der Waals surface area (Å²) in [5.74, 6) is 0. The van der Waals surface area contributed by atoms with Gasteiger partial charge in [-0.3, -0.25) is 0 Å². The number of hydrogen-bond donors (Lipinski definition) is 0. The van der Waals surface area contributed by atoms with Gasteiger partial charge in [0.25, 0.3) is 0 Å². The van der Waals surface area contributed by atoms with E-state index in [-0.39, 0.29) is 27.8 Å².